The van der Waals surface area contributed by atoms with Gasteiger partial charge in [0.25, 0.3) is 0 Å². The van der Waals surface area contributed by atoms with Crippen LogP contribution < -0.4 is 4.90 Å². The maximum atomic E-state index is 13.1. The summed E-state index contributed by atoms with van der Waals surface area (Å²) in [5.74, 6) is -0.233. The third-order valence-corrected chi connectivity index (χ3v) is 5.55. The first kappa shape index (κ1) is 16.5. The van der Waals surface area contributed by atoms with Crippen molar-refractivity contribution in [2.45, 2.75) is 19.8 Å². The Labute approximate surface area is 150 Å². The third-order valence-electron chi connectivity index (χ3n) is 4.57. The fraction of sp³-hybridized carbons (Fsp3) is 0.444. The number of hydrogen-bond donors (Lipinski definition) is 0. The lowest BCUT2D eigenvalue weighted by molar-refractivity contribution is 0.294. The van der Waals surface area contributed by atoms with Crippen molar-refractivity contribution in [3.8, 4) is 11.3 Å². The van der Waals surface area contributed by atoms with Gasteiger partial charge in [0.2, 0.25) is 10.1 Å². The number of nitrogens with zero attached hydrogens (tertiary/aromatic N) is 5. The number of fused-ring (bicyclic) bond motifs is 1. The van der Waals surface area contributed by atoms with Crippen molar-refractivity contribution in [3.63, 3.8) is 0 Å². The summed E-state index contributed by atoms with van der Waals surface area (Å²) in [6, 6.07) is 6.42. The number of halogens is 1. The maximum absolute atomic E-state index is 13.1. The van der Waals surface area contributed by atoms with Gasteiger partial charge in [-0.25, -0.2) is 13.9 Å². The van der Waals surface area contributed by atoms with E-state index >= 15 is 0 Å². The van der Waals surface area contributed by atoms with Crippen LogP contribution in [0.2, 0.25) is 0 Å². The predicted molar refractivity (Wildman–Crippen MR) is 99.8 cm³/mol. The van der Waals surface area contributed by atoms with Crippen molar-refractivity contribution in [2.24, 2.45) is 0 Å². The van der Waals surface area contributed by atoms with Crippen LogP contribution in [0.4, 0.5) is 9.52 Å². The Bertz CT molecular complexity index is 809. The molecule has 1 aliphatic rings. The zero-order valence-corrected chi connectivity index (χ0v) is 15.2. The van der Waals surface area contributed by atoms with Crippen molar-refractivity contribution in [3.05, 3.63) is 36.3 Å². The Morgan fingerprint density at radius 3 is 2.72 bits per heavy atom. The quantitative estimate of drug-likeness (QED) is 0.714. The van der Waals surface area contributed by atoms with E-state index in [1.165, 1.54) is 38.1 Å². The molecule has 3 aromatic rings. The van der Waals surface area contributed by atoms with Gasteiger partial charge in [0.1, 0.15) is 5.82 Å². The van der Waals surface area contributed by atoms with Crippen LogP contribution >= 0.6 is 11.3 Å². The SMILES string of the molecule is CCCN1CCCN(c2nn3cc(-c4ccc(F)cc4)nc3s2)CC1. The Hall–Kier alpha value is -1.99. The molecule has 0 amide bonds. The molecule has 0 spiro atoms. The Balaban J connectivity index is 1.52. The molecule has 1 aliphatic heterocycles. The van der Waals surface area contributed by atoms with E-state index in [0.717, 1.165) is 41.0 Å². The Morgan fingerprint density at radius 2 is 1.96 bits per heavy atom. The van der Waals surface area contributed by atoms with Crippen molar-refractivity contribution < 1.29 is 4.39 Å². The van der Waals surface area contributed by atoms with Crippen molar-refractivity contribution in [1.82, 2.24) is 19.5 Å². The summed E-state index contributed by atoms with van der Waals surface area (Å²) in [6.07, 6.45) is 4.30. The van der Waals surface area contributed by atoms with Crippen LogP contribution in [0.15, 0.2) is 30.5 Å². The minimum absolute atomic E-state index is 0.233. The highest BCUT2D eigenvalue weighted by atomic mass is 32.1. The molecule has 0 N–H and O–H groups in total. The van der Waals surface area contributed by atoms with Gasteiger partial charge in [0.15, 0.2) is 0 Å². The summed E-state index contributed by atoms with van der Waals surface area (Å²) >= 11 is 1.62. The summed E-state index contributed by atoms with van der Waals surface area (Å²) < 4.78 is 14.9. The van der Waals surface area contributed by atoms with Crippen LogP contribution in [0.3, 0.4) is 0 Å². The minimum Gasteiger partial charge on any atom is -0.345 e. The number of anilines is 1. The fourth-order valence-electron chi connectivity index (χ4n) is 3.28. The number of aromatic nitrogens is 3. The first-order valence-electron chi connectivity index (χ1n) is 8.82. The first-order valence-corrected chi connectivity index (χ1v) is 9.64. The predicted octanol–water partition coefficient (Wildman–Crippen LogP) is 3.52. The summed E-state index contributed by atoms with van der Waals surface area (Å²) in [4.78, 5) is 10.4. The molecule has 25 heavy (non-hydrogen) atoms. The molecule has 0 saturated carbocycles. The van der Waals surface area contributed by atoms with Crippen LogP contribution in [0.5, 0.6) is 0 Å². The molecule has 0 atom stereocenters. The Morgan fingerprint density at radius 1 is 1.12 bits per heavy atom. The van der Waals surface area contributed by atoms with Crippen molar-refractivity contribution in [2.75, 3.05) is 37.6 Å². The molecular formula is C18H22FN5S. The zero-order chi connectivity index (χ0) is 17.2. The van der Waals surface area contributed by atoms with E-state index in [9.17, 15) is 4.39 Å². The molecule has 7 heteroatoms. The number of hydrogen-bond acceptors (Lipinski definition) is 5. The maximum Gasteiger partial charge on any atom is 0.214 e. The zero-order valence-electron chi connectivity index (χ0n) is 14.4. The molecule has 132 valence electrons. The van der Waals surface area contributed by atoms with E-state index < -0.39 is 0 Å². The second kappa shape index (κ2) is 7.09. The molecular weight excluding hydrogens is 337 g/mol. The molecule has 2 aromatic heterocycles. The largest absolute Gasteiger partial charge is 0.345 e. The molecule has 1 fully saturated rings. The van der Waals surface area contributed by atoms with E-state index in [-0.39, 0.29) is 5.82 Å². The molecule has 0 radical (unpaired) electrons. The fourth-order valence-corrected chi connectivity index (χ4v) is 4.21. The van der Waals surface area contributed by atoms with Gasteiger partial charge < -0.3 is 9.80 Å². The molecule has 1 saturated heterocycles. The number of benzene rings is 1. The average Bonchev–Trinajstić information content (AvgIpc) is 3.09. The van der Waals surface area contributed by atoms with Gasteiger partial charge in [-0.15, -0.1) is 5.10 Å². The van der Waals surface area contributed by atoms with E-state index in [0.29, 0.717) is 0 Å². The van der Waals surface area contributed by atoms with E-state index in [4.69, 9.17) is 5.10 Å². The molecule has 1 aromatic carbocycles. The highest BCUT2D eigenvalue weighted by molar-refractivity contribution is 7.20. The van der Waals surface area contributed by atoms with Gasteiger partial charge in [-0.2, -0.15) is 0 Å². The first-order chi connectivity index (χ1) is 12.2. The van der Waals surface area contributed by atoms with Gasteiger partial charge in [-0.3, -0.25) is 0 Å². The lowest BCUT2D eigenvalue weighted by Gasteiger charge is -2.20. The van der Waals surface area contributed by atoms with E-state index in [1.807, 2.05) is 10.7 Å². The van der Waals surface area contributed by atoms with Gasteiger partial charge in [-0.05, 0) is 50.2 Å². The lowest BCUT2D eigenvalue weighted by Crippen LogP contribution is -2.31. The summed E-state index contributed by atoms with van der Waals surface area (Å²) in [7, 11) is 0. The highest BCUT2D eigenvalue weighted by Gasteiger charge is 2.19. The van der Waals surface area contributed by atoms with Gasteiger partial charge in [-0.1, -0.05) is 18.3 Å². The van der Waals surface area contributed by atoms with Crippen molar-refractivity contribution >= 4 is 21.4 Å². The van der Waals surface area contributed by atoms with Gasteiger partial charge in [0.05, 0.1) is 11.9 Å². The van der Waals surface area contributed by atoms with Crippen LogP contribution in [-0.2, 0) is 0 Å². The van der Waals surface area contributed by atoms with Crippen LogP contribution in [0.25, 0.3) is 16.2 Å². The molecule has 5 nitrogen and oxygen atoms in total. The van der Waals surface area contributed by atoms with E-state index in [2.05, 4.69) is 21.7 Å². The highest BCUT2D eigenvalue weighted by Crippen LogP contribution is 2.27. The molecule has 4 rings (SSSR count). The topological polar surface area (TPSA) is 36.7 Å². The number of imidazole rings is 1. The average molecular weight is 359 g/mol. The lowest BCUT2D eigenvalue weighted by atomic mass is 10.2. The van der Waals surface area contributed by atoms with Crippen LogP contribution in [-0.4, -0.2) is 52.2 Å². The minimum atomic E-state index is -0.233. The van der Waals surface area contributed by atoms with Crippen LogP contribution in [0.1, 0.15) is 19.8 Å². The third kappa shape index (κ3) is 3.52. The van der Waals surface area contributed by atoms with Crippen molar-refractivity contribution in [1.29, 1.82) is 0 Å². The molecule has 0 aliphatic carbocycles. The molecule has 0 unspecified atom stereocenters. The summed E-state index contributed by atoms with van der Waals surface area (Å²) in [5.41, 5.74) is 1.74. The normalized spacial score (nSPS) is 16.5. The number of rotatable bonds is 4. The summed E-state index contributed by atoms with van der Waals surface area (Å²) in [5, 5.41) is 5.75. The second-order valence-electron chi connectivity index (χ2n) is 6.43. The van der Waals surface area contributed by atoms with E-state index in [1.54, 1.807) is 23.5 Å². The van der Waals surface area contributed by atoms with Gasteiger partial charge in [0, 0.05) is 25.2 Å². The molecule has 0 bridgehead atoms. The smallest absolute Gasteiger partial charge is 0.214 e. The van der Waals surface area contributed by atoms with Gasteiger partial charge >= 0.3 is 0 Å². The summed E-state index contributed by atoms with van der Waals surface area (Å²) in [6.45, 7) is 7.73. The monoisotopic (exact) mass is 359 g/mol. The molecule has 3 heterocycles. The Kier molecular flexibility index (Phi) is 4.67. The second-order valence-corrected chi connectivity index (χ2v) is 7.36. The standard InChI is InChI=1S/C18H22FN5S/c1-2-8-22-9-3-10-23(12-11-22)18-21-24-13-16(20-17(24)25-18)14-4-6-15(19)7-5-14/h4-7,13H,2-3,8-12H2,1H3. The van der Waals surface area contributed by atoms with Crippen LogP contribution in [0, 0.1) is 5.82 Å².